The zero-order chi connectivity index (χ0) is 12.5. The van der Waals surface area contributed by atoms with Crippen molar-refractivity contribution in [2.24, 2.45) is 0 Å². The SMILES string of the molecule is CC1=CCN(S(=O)(=O)Cc2ccccc2N)C1. The number of hydrogen-bond acceptors (Lipinski definition) is 3. The van der Waals surface area contributed by atoms with Crippen LogP contribution in [-0.4, -0.2) is 25.8 Å². The molecule has 4 nitrogen and oxygen atoms in total. The Morgan fingerprint density at radius 2 is 2.06 bits per heavy atom. The van der Waals surface area contributed by atoms with Crippen molar-refractivity contribution in [3.63, 3.8) is 0 Å². The number of rotatable bonds is 3. The van der Waals surface area contributed by atoms with Crippen LogP contribution >= 0.6 is 0 Å². The molecule has 0 saturated carbocycles. The van der Waals surface area contributed by atoms with E-state index in [1.165, 1.54) is 4.31 Å². The lowest BCUT2D eigenvalue weighted by atomic mass is 10.2. The van der Waals surface area contributed by atoms with Crippen LogP contribution in [0.3, 0.4) is 0 Å². The summed E-state index contributed by atoms with van der Waals surface area (Å²) in [5.41, 5.74) is 8.04. The second-order valence-corrected chi connectivity index (χ2v) is 6.27. The van der Waals surface area contributed by atoms with Gasteiger partial charge in [0.1, 0.15) is 0 Å². The molecule has 0 amide bonds. The summed E-state index contributed by atoms with van der Waals surface area (Å²) in [6.07, 6.45) is 1.94. The summed E-state index contributed by atoms with van der Waals surface area (Å²) >= 11 is 0. The van der Waals surface area contributed by atoms with Crippen LogP contribution in [0.25, 0.3) is 0 Å². The van der Waals surface area contributed by atoms with Gasteiger partial charge < -0.3 is 5.73 Å². The predicted octanol–water partition coefficient (Wildman–Crippen LogP) is 1.36. The third kappa shape index (κ3) is 2.68. The lowest BCUT2D eigenvalue weighted by Crippen LogP contribution is -2.30. The Balaban J connectivity index is 2.16. The van der Waals surface area contributed by atoms with Gasteiger partial charge in [-0.2, -0.15) is 4.31 Å². The van der Waals surface area contributed by atoms with Gasteiger partial charge in [0.05, 0.1) is 5.75 Å². The first-order valence-electron chi connectivity index (χ1n) is 5.46. The number of nitrogen functional groups attached to an aromatic ring is 1. The van der Waals surface area contributed by atoms with Gasteiger partial charge in [-0.3, -0.25) is 0 Å². The van der Waals surface area contributed by atoms with Gasteiger partial charge in [-0.05, 0) is 18.6 Å². The summed E-state index contributed by atoms with van der Waals surface area (Å²) in [6, 6.07) is 7.07. The second kappa shape index (κ2) is 4.50. The van der Waals surface area contributed by atoms with Crippen molar-refractivity contribution in [3.05, 3.63) is 41.5 Å². The largest absolute Gasteiger partial charge is 0.398 e. The van der Waals surface area contributed by atoms with E-state index in [2.05, 4.69) is 0 Å². The highest BCUT2D eigenvalue weighted by molar-refractivity contribution is 7.88. The van der Waals surface area contributed by atoms with Crippen molar-refractivity contribution in [3.8, 4) is 0 Å². The highest BCUT2D eigenvalue weighted by Gasteiger charge is 2.25. The molecule has 2 rings (SSSR count). The van der Waals surface area contributed by atoms with Crippen LogP contribution in [0.15, 0.2) is 35.9 Å². The molecule has 1 heterocycles. The smallest absolute Gasteiger partial charge is 0.218 e. The minimum atomic E-state index is -3.27. The number of para-hydroxylation sites is 1. The van der Waals surface area contributed by atoms with Gasteiger partial charge in [-0.25, -0.2) is 8.42 Å². The molecule has 0 aliphatic carbocycles. The Morgan fingerprint density at radius 3 is 2.65 bits per heavy atom. The van der Waals surface area contributed by atoms with Crippen LogP contribution < -0.4 is 5.73 Å². The Bertz CT molecular complexity index is 549. The number of sulfonamides is 1. The minimum Gasteiger partial charge on any atom is -0.398 e. The molecule has 1 aliphatic heterocycles. The maximum absolute atomic E-state index is 12.1. The van der Waals surface area contributed by atoms with Crippen molar-refractivity contribution in [1.82, 2.24) is 4.31 Å². The maximum Gasteiger partial charge on any atom is 0.218 e. The van der Waals surface area contributed by atoms with E-state index in [0.717, 1.165) is 5.57 Å². The Labute approximate surface area is 102 Å². The molecule has 17 heavy (non-hydrogen) atoms. The third-order valence-electron chi connectivity index (χ3n) is 2.86. The van der Waals surface area contributed by atoms with Gasteiger partial charge in [0.2, 0.25) is 10.0 Å². The van der Waals surface area contributed by atoms with E-state index < -0.39 is 10.0 Å². The summed E-state index contributed by atoms with van der Waals surface area (Å²) in [7, 11) is -3.27. The third-order valence-corrected chi connectivity index (χ3v) is 4.60. The Kier molecular flexibility index (Phi) is 3.22. The Hall–Kier alpha value is -1.33. The predicted molar refractivity (Wildman–Crippen MR) is 68.8 cm³/mol. The van der Waals surface area contributed by atoms with E-state index in [9.17, 15) is 8.42 Å². The number of benzene rings is 1. The van der Waals surface area contributed by atoms with Gasteiger partial charge in [-0.1, -0.05) is 29.8 Å². The van der Waals surface area contributed by atoms with Crippen LogP contribution in [0.1, 0.15) is 12.5 Å². The number of nitrogens with two attached hydrogens (primary N) is 1. The zero-order valence-electron chi connectivity index (χ0n) is 9.76. The topological polar surface area (TPSA) is 63.4 Å². The first kappa shape index (κ1) is 12.1. The monoisotopic (exact) mass is 252 g/mol. The molecule has 0 atom stereocenters. The van der Waals surface area contributed by atoms with E-state index in [1.54, 1.807) is 24.3 Å². The molecule has 2 N–H and O–H groups in total. The number of hydrogen-bond donors (Lipinski definition) is 1. The van der Waals surface area contributed by atoms with Crippen molar-refractivity contribution >= 4 is 15.7 Å². The first-order chi connectivity index (χ1) is 7.99. The summed E-state index contributed by atoms with van der Waals surface area (Å²) in [5.74, 6) is -0.0270. The average molecular weight is 252 g/mol. The van der Waals surface area contributed by atoms with Crippen molar-refractivity contribution in [1.29, 1.82) is 0 Å². The van der Waals surface area contributed by atoms with Crippen LogP contribution in [0.5, 0.6) is 0 Å². The van der Waals surface area contributed by atoms with E-state index in [4.69, 9.17) is 5.73 Å². The standard InChI is InChI=1S/C12H16N2O2S/c1-10-6-7-14(8-10)17(15,16)9-11-4-2-3-5-12(11)13/h2-6H,7-9,13H2,1H3. The molecule has 0 radical (unpaired) electrons. The van der Waals surface area contributed by atoms with Gasteiger partial charge >= 0.3 is 0 Å². The van der Waals surface area contributed by atoms with Crippen LogP contribution in [0.2, 0.25) is 0 Å². The van der Waals surface area contributed by atoms with E-state index in [-0.39, 0.29) is 5.75 Å². The number of nitrogens with zero attached hydrogens (tertiary/aromatic N) is 1. The maximum atomic E-state index is 12.1. The van der Waals surface area contributed by atoms with Crippen molar-refractivity contribution in [2.75, 3.05) is 18.8 Å². The fraction of sp³-hybridized carbons (Fsp3) is 0.333. The molecule has 92 valence electrons. The van der Waals surface area contributed by atoms with Gasteiger partial charge in [-0.15, -0.1) is 0 Å². The molecular weight excluding hydrogens is 236 g/mol. The van der Waals surface area contributed by atoms with Crippen molar-refractivity contribution < 1.29 is 8.42 Å². The van der Waals surface area contributed by atoms with Crippen LogP contribution in [-0.2, 0) is 15.8 Å². The van der Waals surface area contributed by atoms with Gasteiger partial charge in [0.15, 0.2) is 0 Å². The van der Waals surface area contributed by atoms with Crippen LogP contribution in [0.4, 0.5) is 5.69 Å². The summed E-state index contributed by atoms with van der Waals surface area (Å²) in [6.45, 7) is 2.91. The quantitative estimate of drug-likeness (QED) is 0.652. The molecule has 0 fully saturated rings. The molecular formula is C12H16N2O2S. The van der Waals surface area contributed by atoms with E-state index in [1.807, 2.05) is 13.0 Å². The molecule has 1 aliphatic rings. The molecule has 0 spiro atoms. The second-order valence-electron chi connectivity index (χ2n) is 4.30. The molecule has 0 unspecified atom stereocenters. The van der Waals surface area contributed by atoms with Gasteiger partial charge in [0.25, 0.3) is 0 Å². The fourth-order valence-corrected chi connectivity index (χ4v) is 3.37. The highest BCUT2D eigenvalue weighted by Crippen LogP contribution is 2.20. The first-order valence-corrected chi connectivity index (χ1v) is 7.07. The lowest BCUT2D eigenvalue weighted by molar-refractivity contribution is 0.483. The van der Waals surface area contributed by atoms with Crippen LogP contribution in [0, 0.1) is 0 Å². The summed E-state index contributed by atoms with van der Waals surface area (Å²) in [5, 5.41) is 0. The molecule has 1 aromatic rings. The van der Waals surface area contributed by atoms with E-state index in [0.29, 0.717) is 24.3 Å². The molecule has 5 heteroatoms. The fourth-order valence-electron chi connectivity index (χ4n) is 1.83. The molecule has 0 bridgehead atoms. The normalized spacial score (nSPS) is 17.1. The summed E-state index contributed by atoms with van der Waals surface area (Å²) < 4.78 is 25.8. The number of anilines is 1. The van der Waals surface area contributed by atoms with Gasteiger partial charge in [0, 0.05) is 18.8 Å². The zero-order valence-corrected chi connectivity index (χ0v) is 10.6. The lowest BCUT2D eigenvalue weighted by Gasteiger charge is -2.16. The molecule has 0 saturated heterocycles. The highest BCUT2D eigenvalue weighted by atomic mass is 32.2. The summed E-state index contributed by atoms with van der Waals surface area (Å²) in [4.78, 5) is 0. The van der Waals surface area contributed by atoms with E-state index >= 15 is 0 Å². The van der Waals surface area contributed by atoms with Crippen molar-refractivity contribution in [2.45, 2.75) is 12.7 Å². The average Bonchev–Trinajstić information content (AvgIpc) is 2.69. The molecule has 0 aromatic heterocycles. The Morgan fingerprint density at radius 1 is 1.35 bits per heavy atom. The minimum absolute atomic E-state index is 0.0270. The molecule has 1 aromatic carbocycles.